The Kier molecular flexibility index (Phi) is 4.77. The van der Waals surface area contributed by atoms with Crippen LogP contribution in [-0.4, -0.2) is 17.5 Å². The van der Waals surface area contributed by atoms with Crippen molar-refractivity contribution in [2.24, 2.45) is 0 Å². The van der Waals surface area contributed by atoms with Crippen LogP contribution in [-0.2, 0) is 6.54 Å². The largest absolute Gasteiger partial charge is 0.292 e. The fraction of sp³-hybridized carbons (Fsp3) is 0.412. The third-order valence-corrected chi connectivity index (χ3v) is 3.42. The van der Waals surface area contributed by atoms with E-state index < -0.39 is 0 Å². The lowest BCUT2D eigenvalue weighted by molar-refractivity contribution is 0.233. The molecule has 0 saturated heterocycles. The molecule has 1 aromatic rings. The van der Waals surface area contributed by atoms with Gasteiger partial charge in [-0.15, -0.1) is 0 Å². The maximum atomic E-state index is 2.52. The SMILES string of the molecule is CC(C)N(CC1=CCCC=C1)Cc1ccccc1. The Balaban J connectivity index is 2.00. The molecule has 18 heavy (non-hydrogen) atoms. The molecule has 96 valence electrons. The molecule has 1 aliphatic rings. The van der Waals surface area contributed by atoms with Gasteiger partial charge in [0.25, 0.3) is 0 Å². The number of allylic oxidation sites excluding steroid dienone is 2. The van der Waals surface area contributed by atoms with Crippen LogP contribution in [0.1, 0.15) is 32.3 Å². The van der Waals surface area contributed by atoms with Gasteiger partial charge < -0.3 is 0 Å². The summed E-state index contributed by atoms with van der Waals surface area (Å²) in [6, 6.07) is 11.3. The summed E-state index contributed by atoms with van der Waals surface area (Å²) < 4.78 is 0. The maximum absolute atomic E-state index is 2.52. The lowest BCUT2D eigenvalue weighted by Gasteiger charge is -2.27. The highest BCUT2D eigenvalue weighted by Crippen LogP contribution is 2.15. The fourth-order valence-corrected chi connectivity index (χ4v) is 2.26. The molecular weight excluding hydrogens is 218 g/mol. The fourth-order valence-electron chi connectivity index (χ4n) is 2.26. The van der Waals surface area contributed by atoms with Crippen molar-refractivity contribution in [2.75, 3.05) is 6.54 Å². The minimum Gasteiger partial charge on any atom is -0.292 e. The average molecular weight is 241 g/mol. The molecule has 1 nitrogen and oxygen atoms in total. The van der Waals surface area contributed by atoms with E-state index in [2.05, 4.69) is 67.3 Å². The molecule has 1 aliphatic carbocycles. The molecule has 0 fully saturated rings. The zero-order valence-corrected chi connectivity index (χ0v) is 11.5. The first kappa shape index (κ1) is 13.1. The first-order chi connectivity index (χ1) is 8.75. The van der Waals surface area contributed by atoms with E-state index in [-0.39, 0.29) is 0 Å². The van der Waals surface area contributed by atoms with Crippen LogP contribution >= 0.6 is 0 Å². The second-order valence-electron chi connectivity index (χ2n) is 5.24. The van der Waals surface area contributed by atoms with Crippen molar-refractivity contribution in [1.29, 1.82) is 0 Å². The van der Waals surface area contributed by atoms with Gasteiger partial charge in [0, 0.05) is 19.1 Å². The molecule has 2 rings (SSSR count). The summed E-state index contributed by atoms with van der Waals surface area (Å²) >= 11 is 0. The normalized spacial score (nSPS) is 15.2. The Hall–Kier alpha value is -1.34. The molecule has 0 unspecified atom stereocenters. The third-order valence-electron chi connectivity index (χ3n) is 3.42. The molecule has 0 bridgehead atoms. The van der Waals surface area contributed by atoms with E-state index in [1.54, 1.807) is 0 Å². The van der Waals surface area contributed by atoms with Crippen LogP contribution in [0.2, 0.25) is 0 Å². The first-order valence-corrected chi connectivity index (χ1v) is 6.89. The van der Waals surface area contributed by atoms with Crippen LogP contribution in [0.15, 0.2) is 54.1 Å². The molecule has 0 spiro atoms. The zero-order valence-electron chi connectivity index (χ0n) is 11.5. The van der Waals surface area contributed by atoms with Gasteiger partial charge in [0.05, 0.1) is 0 Å². The van der Waals surface area contributed by atoms with Gasteiger partial charge in [-0.3, -0.25) is 4.90 Å². The van der Waals surface area contributed by atoms with E-state index in [0.29, 0.717) is 6.04 Å². The average Bonchev–Trinajstić information content (AvgIpc) is 2.40. The standard InChI is InChI=1S/C17H23N/c1-15(2)18(13-16-9-5-3-6-10-16)14-17-11-7-4-8-12-17/h3,5-7,9-12,15H,4,8,13-14H2,1-2H3. The smallest absolute Gasteiger partial charge is 0.0239 e. The van der Waals surface area contributed by atoms with Crippen LogP contribution in [0, 0.1) is 0 Å². The Morgan fingerprint density at radius 3 is 2.44 bits per heavy atom. The van der Waals surface area contributed by atoms with Crippen LogP contribution in [0.25, 0.3) is 0 Å². The summed E-state index contributed by atoms with van der Waals surface area (Å²) in [6.45, 7) is 6.64. The van der Waals surface area contributed by atoms with Crippen molar-refractivity contribution in [3.63, 3.8) is 0 Å². The number of rotatable bonds is 5. The van der Waals surface area contributed by atoms with Gasteiger partial charge in [0.15, 0.2) is 0 Å². The van der Waals surface area contributed by atoms with E-state index in [1.165, 1.54) is 24.0 Å². The van der Waals surface area contributed by atoms with Gasteiger partial charge in [-0.25, -0.2) is 0 Å². The number of nitrogens with zero attached hydrogens (tertiary/aromatic N) is 1. The number of hydrogen-bond acceptors (Lipinski definition) is 1. The van der Waals surface area contributed by atoms with Crippen molar-refractivity contribution >= 4 is 0 Å². The van der Waals surface area contributed by atoms with Gasteiger partial charge in [-0.05, 0) is 37.8 Å². The monoisotopic (exact) mass is 241 g/mol. The highest BCUT2D eigenvalue weighted by molar-refractivity contribution is 5.24. The van der Waals surface area contributed by atoms with Crippen LogP contribution < -0.4 is 0 Å². The second kappa shape index (κ2) is 6.55. The van der Waals surface area contributed by atoms with Crippen molar-refractivity contribution in [1.82, 2.24) is 4.90 Å². The molecule has 0 N–H and O–H groups in total. The van der Waals surface area contributed by atoms with E-state index in [0.717, 1.165) is 13.1 Å². The van der Waals surface area contributed by atoms with E-state index in [4.69, 9.17) is 0 Å². The summed E-state index contributed by atoms with van der Waals surface area (Å²) in [5, 5.41) is 0. The predicted molar refractivity (Wildman–Crippen MR) is 78.4 cm³/mol. The Bertz CT molecular complexity index is 414. The summed E-state index contributed by atoms with van der Waals surface area (Å²) in [7, 11) is 0. The predicted octanol–water partition coefficient (Wildman–Crippen LogP) is 4.17. The summed E-state index contributed by atoms with van der Waals surface area (Å²) in [5.74, 6) is 0. The molecule has 1 heteroatoms. The molecule has 1 aromatic carbocycles. The molecule has 0 aliphatic heterocycles. The van der Waals surface area contributed by atoms with Crippen LogP contribution in [0.3, 0.4) is 0 Å². The van der Waals surface area contributed by atoms with Gasteiger partial charge in [-0.2, -0.15) is 0 Å². The van der Waals surface area contributed by atoms with Gasteiger partial charge >= 0.3 is 0 Å². The molecule has 0 atom stereocenters. The number of benzene rings is 1. The Labute approximate surface area is 111 Å². The molecule has 0 radical (unpaired) electrons. The lowest BCUT2D eigenvalue weighted by Crippen LogP contribution is -2.32. The summed E-state index contributed by atoms with van der Waals surface area (Å²) in [6.07, 6.45) is 9.34. The quantitative estimate of drug-likeness (QED) is 0.747. The van der Waals surface area contributed by atoms with Gasteiger partial charge in [0.1, 0.15) is 0 Å². The molecule has 0 aromatic heterocycles. The van der Waals surface area contributed by atoms with Crippen molar-refractivity contribution < 1.29 is 0 Å². The van der Waals surface area contributed by atoms with Crippen molar-refractivity contribution in [3.05, 3.63) is 59.7 Å². The highest BCUT2D eigenvalue weighted by atomic mass is 15.1. The van der Waals surface area contributed by atoms with E-state index in [9.17, 15) is 0 Å². The zero-order chi connectivity index (χ0) is 12.8. The summed E-state index contributed by atoms with van der Waals surface area (Å²) in [4.78, 5) is 2.52. The maximum Gasteiger partial charge on any atom is 0.0239 e. The second-order valence-corrected chi connectivity index (χ2v) is 5.24. The van der Waals surface area contributed by atoms with E-state index in [1.807, 2.05) is 0 Å². The van der Waals surface area contributed by atoms with Crippen molar-refractivity contribution in [2.45, 2.75) is 39.3 Å². The highest BCUT2D eigenvalue weighted by Gasteiger charge is 2.11. The third kappa shape index (κ3) is 3.85. The summed E-state index contributed by atoms with van der Waals surface area (Å²) in [5.41, 5.74) is 2.86. The van der Waals surface area contributed by atoms with Crippen LogP contribution in [0.5, 0.6) is 0 Å². The molecule has 0 amide bonds. The Morgan fingerprint density at radius 1 is 1.06 bits per heavy atom. The first-order valence-electron chi connectivity index (χ1n) is 6.89. The number of hydrogen-bond donors (Lipinski definition) is 0. The van der Waals surface area contributed by atoms with Gasteiger partial charge in [0.2, 0.25) is 0 Å². The Morgan fingerprint density at radius 2 is 1.83 bits per heavy atom. The molecule has 0 saturated carbocycles. The topological polar surface area (TPSA) is 3.24 Å². The van der Waals surface area contributed by atoms with Crippen LogP contribution in [0.4, 0.5) is 0 Å². The van der Waals surface area contributed by atoms with Gasteiger partial charge in [-0.1, -0.05) is 48.6 Å². The minimum atomic E-state index is 0.571. The molecule has 0 heterocycles. The van der Waals surface area contributed by atoms with Crippen molar-refractivity contribution in [3.8, 4) is 0 Å². The lowest BCUT2D eigenvalue weighted by atomic mass is 10.1. The molecular formula is C17H23N. The van der Waals surface area contributed by atoms with E-state index >= 15 is 0 Å². The minimum absolute atomic E-state index is 0.571.